The molecule has 0 spiro atoms. The fourth-order valence-corrected chi connectivity index (χ4v) is 1.89. The Kier molecular flexibility index (Phi) is 3.38. The molecule has 0 radical (unpaired) electrons. The molecule has 0 fully saturated rings. The largest absolute Gasteiger partial charge is 0.497 e. The number of hydrogen-bond acceptors (Lipinski definition) is 6. The molecule has 0 saturated heterocycles. The number of nitrogen functional groups attached to an aromatic ring is 1. The molecule has 0 aliphatic rings. The Hall–Kier alpha value is -3.09. The number of imidazole rings is 1. The zero-order valence-electron chi connectivity index (χ0n) is 11.4. The van der Waals surface area contributed by atoms with Crippen molar-refractivity contribution in [3.05, 3.63) is 49.3 Å². The van der Waals surface area contributed by atoms with E-state index in [1.165, 1.54) is 6.33 Å². The van der Waals surface area contributed by atoms with Crippen LogP contribution in [0, 0.1) is 0 Å². The van der Waals surface area contributed by atoms with Gasteiger partial charge in [-0.1, -0.05) is 0 Å². The summed E-state index contributed by atoms with van der Waals surface area (Å²) in [5, 5.41) is 3.16. The Morgan fingerprint density at radius 2 is 2.00 bits per heavy atom. The van der Waals surface area contributed by atoms with Gasteiger partial charge in [-0.15, -0.1) is 0 Å². The first kappa shape index (κ1) is 12.9. The number of anilines is 3. The number of benzene rings is 1. The Morgan fingerprint density at radius 1 is 1.19 bits per heavy atom. The maximum Gasteiger partial charge on any atom is 0.166 e. The number of nitrogens with two attached hydrogens (primary N) is 1. The van der Waals surface area contributed by atoms with Gasteiger partial charge in [0.15, 0.2) is 11.6 Å². The molecule has 7 nitrogen and oxygen atoms in total. The Bertz CT molecular complexity index is 724. The predicted molar refractivity (Wildman–Crippen MR) is 79.8 cm³/mol. The highest BCUT2D eigenvalue weighted by Crippen LogP contribution is 2.25. The standard InChI is InChI=1S/C14H14N6O/c1-21-11-4-2-10(3-5-11)19-13-12(15)14(18-8-17-13)20-7-6-16-9-20/h2-9H,15H2,1H3,(H,17,18,19). The monoisotopic (exact) mass is 282 g/mol. The van der Waals surface area contributed by atoms with Crippen LogP contribution in [0.25, 0.3) is 5.82 Å². The first-order valence-corrected chi connectivity index (χ1v) is 6.28. The molecule has 21 heavy (non-hydrogen) atoms. The summed E-state index contributed by atoms with van der Waals surface area (Å²) in [6, 6.07) is 7.49. The summed E-state index contributed by atoms with van der Waals surface area (Å²) >= 11 is 0. The molecule has 3 N–H and O–H groups in total. The lowest BCUT2D eigenvalue weighted by Gasteiger charge is -2.11. The van der Waals surface area contributed by atoms with Crippen molar-refractivity contribution in [2.75, 3.05) is 18.2 Å². The molecule has 0 aliphatic carbocycles. The van der Waals surface area contributed by atoms with E-state index in [0.29, 0.717) is 17.3 Å². The van der Waals surface area contributed by atoms with Crippen molar-refractivity contribution in [2.45, 2.75) is 0 Å². The fourth-order valence-electron chi connectivity index (χ4n) is 1.89. The number of nitrogens with zero attached hydrogens (tertiary/aromatic N) is 4. The number of methoxy groups -OCH3 is 1. The third kappa shape index (κ3) is 2.62. The molecule has 3 rings (SSSR count). The second-order valence-corrected chi connectivity index (χ2v) is 4.28. The second kappa shape index (κ2) is 5.49. The molecule has 0 unspecified atom stereocenters. The molecule has 7 heteroatoms. The highest BCUT2D eigenvalue weighted by molar-refractivity contribution is 5.74. The van der Waals surface area contributed by atoms with Crippen LogP contribution in [-0.4, -0.2) is 26.6 Å². The van der Waals surface area contributed by atoms with Gasteiger partial charge >= 0.3 is 0 Å². The molecular formula is C14H14N6O. The van der Waals surface area contributed by atoms with Crippen LogP contribution in [0.2, 0.25) is 0 Å². The molecule has 0 saturated carbocycles. The van der Waals surface area contributed by atoms with Gasteiger partial charge in [0.1, 0.15) is 24.1 Å². The van der Waals surface area contributed by atoms with Crippen molar-refractivity contribution in [1.82, 2.24) is 19.5 Å². The Morgan fingerprint density at radius 3 is 2.67 bits per heavy atom. The number of aromatic nitrogens is 4. The van der Waals surface area contributed by atoms with Gasteiger partial charge < -0.3 is 15.8 Å². The van der Waals surface area contributed by atoms with Gasteiger partial charge in [0.25, 0.3) is 0 Å². The average molecular weight is 282 g/mol. The molecule has 1 aromatic carbocycles. The van der Waals surface area contributed by atoms with Crippen molar-refractivity contribution in [1.29, 1.82) is 0 Å². The molecule has 0 amide bonds. The first-order valence-electron chi connectivity index (χ1n) is 6.28. The SMILES string of the molecule is COc1ccc(Nc2ncnc(-n3ccnc3)c2N)cc1. The lowest BCUT2D eigenvalue weighted by Crippen LogP contribution is -2.06. The van der Waals surface area contributed by atoms with Crippen LogP contribution < -0.4 is 15.8 Å². The van der Waals surface area contributed by atoms with Crippen LogP contribution in [-0.2, 0) is 0 Å². The summed E-state index contributed by atoms with van der Waals surface area (Å²) in [6.45, 7) is 0. The summed E-state index contributed by atoms with van der Waals surface area (Å²) in [4.78, 5) is 12.3. The molecule has 2 aromatic heterocycles. The maximum absolute atomic E-state index is 6.12. The van der Waals surface area contributed by atoms with Crippen molar-refractivity contribution in [3.8, 4) is 11.6 Å². The van der Waals surface area contributed by atoms with Crippen LogP contribution in [0.5, 0.6) is 5.75 Å². The second-order valence-electron chi connectivity index (χ2n) is 4.28. The number of rotatable bonds is 4. The Balaban J connectivity index is 1.90. The van der Waals surface area contributed by atoms with Crippen molar-refractivity contribution in [3.63, 3.8) is 0 Å². The summed E-state index contributed by atoms with van der Waals surface area (Å²) in [6.07, 6.45) is 6.53. The first-order chi connectivity index (χ1) is 10.3. The minimum Gasteiger partial charge on any atom is -0.497 e. The molecule has 3 aromatic rings. The van der Waals surface area contributed by atoms with E-state index >= 15 is 0 Å². The lowest BCUT2D eigenvalue weighted by atomic mass is 10.3. The van der Waals surface area contributed by atoms with Gasteiger partial charge in [0.05, 0.1) is 7.11 Å². The zero-order valence-corrected chi connectivity index (χ0v) is 11.4. The normalized spacial score (nSPS) is 10.3. The van der Waals surface area contributed by atoms with E-state index in [1.54, 1.807) is 30.4 Å². The topological polar surface area (TPSA) is 90.9 Å². The zero-order chi connectivity index (χ0) is 14.7. The maximum atomic E-state index is 6.12. The summed E-state index contributed by atoms with van der Waals surface area (Å²) in [5.41, 5.74) is 7.43. The van der Waals surface area contributed by atoms with Crippen LogP contribution in [0.1, 0.15) is 0 Å². The summed E-state index contributed by atoms with van der Waals surface area (Å²) in [5.74, 6) is 1.91. The molecule has 2 heterocycles. The van der Waals surface area contributed by atoms with Crippen molar-refractivity contribution < 1.29 is 4.74 Å². The lowest BCUT2D eigenvalue weighted by molar-refractivity contribution is 0.415. The van der Waals surface area contributed by atoms with Gasteiger partial charge in [-0.3, -0.25) is 4.57 Å². The van der Waals surface area contributed by atoms with E-state index in [9.17, 15) is 0 Å². The van der Waals surface area contributed by atoms with E-state index in [0.717, 1.165) is 11.4 Å². The summed E-state index contributed by atoms with van der Waals surface area (Å²) < 4.78 is 6.86. The highest BCUT2D eigenvalue weighted by Gasteiger charge is 2.09. The number of nitrogens with one attached hydrogen (secondary N) is 1. The van der Waals surface area contributed by atoms with E-state index in [2.05, 4.69) is 20.3 Å². The van der Waals surface area contributed by atoms with Crippen LogP contribution in [0.4, 0.5) is 17.2 Å². The van der Waals surface area contributed by atoms with Gasteiger partial charge in [-0.25, -0.2) is 15.0 Å². The molecule has 0 bridgehead atoms. The number of hydrogen-bond donors (Lipinski definition) is 2. The molecular weight excluding hydrogens is 268 g/mol. The predicted octanol–water partition coefficient (Wildman–Crippen LogP) is 2.00. The van der Waals surface area contributed by atoms with E-state index in [4.69, 9.17) is 10.5 Å². The molecule has 106 valence electrons. The molecule has 0 atom stereocenters. The van der Waals surface area contributed by atoms with Gasteiger partial charge in [0.2, 0.25) is 0 Å². The van der Waals surface area contributed by atoms with Crippen molar-refractivity contribution >= 4 is 17.2 Å². The van der Waals surface area contributed by atoms with E-state index < -0.39 is 0 Å². The van der Waals surface area contributed by atoms with E-state index in [1.807, 2.05) is 24.3 Å². The third-order valence-electron chi connectivity index (χ3n) is 2.96. The van der Waals surface area contributed by atoms with Crippen LogP contribution in [0.15, 0.2) is 49.3 Å². The fraction of sp³-hybridized carbons (Fsp3) is 0.0714. The Labute approximate surface area is 121 Å². The van der Waals surface area contributed by atoms with E-state index in [-0.39, 0.29) is 0 Å². The van der Waals surface area contributed by atoms with Gasteiger partial charge in [0, 0.05) is 18.1 Å². The summed E-state index contributed by atoms with van der Waals surface area (Å²) in [7, 11) is 1.63. The van der Waals surface area contributed by atoms with Gasteiger partial charge in [-0.2, -0.15) is 0 Å². The van der Waals surface area contributed by atoms with Crippen LogP contribution >= 0.6 is 0 Å². The third-order valence-corrected chi connectivity index (χ3v) is 2.96. The quantitative estimate of drug-likeness (QED) is 0.760. The average Bonchev–Trinajstić information content (AvgIpc) is 3.04. The van der Waals surface area contributed by atoms with Gasteiger partial charge in [-0.05, 0) is 24.3 Å². The minimum absolute atomic E-state index is 0.450. The minimum atomic E-state index is 0.450. The van der Waals surface area contributed by atoms with Crippen LogP contribution in [0.3, 0.4) is 0 Å². The number of ether oxygens (including phenoxy) is 1. The molecule has 0 aliphatic heterocycles. The highest BCUT2D eigenvalue weighted by atomic mass is 16.5. The smallest absolute Gasteiger partial charge is 0.166 e. The van der Waals surface area contributed by atoms with Crippen molar-refractivity contribution in [2.24, 2.45) is 0 Å².